The number of alkyl halides is 2. The lowest BCUT2D eigenvalue weighted by molar-refractivity contribution is 0.0511. The van der Waals surface area contributed by atoms with Gasteiger partial charge in [-0.3, -0.25) is 0 Å². The van der Waals surface area contributed by atoms with Crippen LogP contribution in [0.1, 0.15) is 12.5 Å². The number of hydrogen-bond acceptors (Lipinski definition) is 1. The summed E-state index contributed by atoms with van der Waals surface area (Å²) < 4.78 is 26.9. The van der Waals surface area contributed by atoms with Crippen molar-refractivity contribution in [3.05, 3.63) is 47.5 Å². The average Bonchev–Trinajstić information content (AvgIpc) is 2.18. The number of rotatable bonds is 3. The zero-order valence-corrected chi connectivity index (χ0v) is 8.00. The fraction of sp³-hybridized carbons (Fsp3) is 0.273. The minimum absolute atomic E-state index is 0.00667. The van der Waals surface area contributed by atoms with E-state index in [0.29, 0.717) is 5.57 Å². The Morgan fingerprint density at radius 1 is 1.36 bits per heavy atom. The first kappa shape index (κ1) is 10.9. The van der Waals surface area contributed by atoms with Crippen molar-refractivity contribution >= 4 is 0 Å². The Bertz CT molecular complexity index is 317. The molecule has 0 amide bonds. The van der Waals surface area contributed by atoms with E-state index in [-0.39, 0.29) is 12.1 Å². The minimum atomic E-state index is -2.93. The van der Waals surface area contributed by atoms with Crippen molar-refractivity contribution in [1.29, 1.82) is 0 Å². The summed E-state index contributed by atoms with van der Waals surface area (Å²) in [5, 5.41) is 0. The standard InChI is InChI=1S/C11H13F2N/c1-9(8-14)7-11(12,13)10-5-3-2-4-6-10/h2-7H,8,14H2,1H3/b9-7-. The monoisotopic (exact) mass is 197 g/mol. The molecule has 0 aliphatic rings. The zero-order chi connectivity index (χ0) is 10.6. The molecule has 0 saturated heterocycles. The summed E-state index contributed by atoms with van der Waals surface area (Å²) in [5.74, 6) is -2.93. The van der Waals surface area contributed by atoms with Crippen molar-refractivity contribution in [3.63, 3.8) is 0 Å². The molecule has 0 aromatic heterocycles. The molecule has 3 heteroatoms. The summed E-state index contributed by atoms with van der Waals surface area (Å²) in [6.45, 7) is 1.75. The first-order chi connectivity index (χ1) is 6.56. The minimum Gasteiger partial charge on any atom is -0.327 e. The van der Waals surface area contributed by atoms with E-state index in [0.717, 1.165) is 6.08 Å². The van der Waals surface area contributed by atoms with E-state index in [1.165, 1.54) is 12.1 Å². The topological polar surface area (TPSA) is 26.0 Å². The number of allylic oxidation sites excluding steroid dienone is 1. The van der Waals surface area contributed by atoms with Crippen LogP contribution in [-0.2, 0) is 5.92 Å². The van der Waals surface area contributed by atoms with Crippen LogP contribution in [0.2, 0.25) is 0 Å². The summed E-state index contributed by atoms with van der Waals surface area (Å²) in [4.78, 5) is 0. The Kier molecular flexibility index (Phi) is 3.36. The zero-order valence-electron chi connectivity index (χ0n) is 8.00. The van der Waals surface area contributed by atoms with Crippen molar-refractivity contribution in [3.8, 4) is 0 Å². The maximum atomic E-state index is 13.5. The Morgan fingerprint density at radius 3 is 2.43 bits per heavy atom. The van der Waals surface area contributed by atoms with Crippen LogP contribution < -0.4 is 5.73 Å². The largest absolute Gasteiger partial charge is 0.327 e. The molecule has 2 N–H and O–H groups in total. The Morgan fingerprint density at radius 2 is 1.93 bits per heavy atom. The molecule has 0 aliphatic heterocycles. The molecule has 0 radical (unpaired) electrons. The molecule has 76 valence electrons. The fourth-order valence-electron chi connectivity index (χ4n) is 1.11. The molecule has 0 saturated carbocycles. The van der Waals surface area contributed by atoms with Crippen LogP contribution >= 0.6 is 0 Å². The highest BCUT2D eigenvalue weighted by Crippen LogP contribution is 2.30. The number of halogens is 2. The van der Waals surface area contributed by atoms with Crippen LogP contribution in [0.15, 0.2) is 42.0 Å². The maximum absolute atomic E-state index is 13.5. The normalized spacial score (nSPS) is 13.0. The highest BCUT2D eigenvalue weighted by Gasteiger charge is 2.27. The highest BCUT2D eigenvalue weighted by molar-refractivity contribution is 5.26. The SMILES string of the molecule is C/C(=C/C(F)(F)c1ccccc1)CN. The van der Waals surface area contributed by atoms with Crippen LogP contribution in [0, 0.1) is 0 Å². The lowest BCUT2D eigenvalue weighted by atomic mass is 10.1. The molecule has 0 aliphatic carbocycles. The third kappa shape index (κ3) is 2.64. The van der Waals surface area contributed by atoms with Gasteiger partial charge in [-0.25, -0.2) is 0 Å². The van der Waals surface area contributed by atoms with Gasteiger partial charge in [0.2, 0.25) is 0 Å². The smallest absolute Gasteiger partial charge is 0.291 e. The van der Waals surface area contributed by atoms with Gasteiger partial charge in [-0.1, -0.05) is 35.9 Å². The van der Waals surface area contributed by atoms with Gasteiger partial charge in [0.05, 0.1) is 0 Å². The quantitative estimate of drug-likeness (QED) is 0.741. The molecule has 0 unspecified atom stereocenters. The lowest BCUT2D eigenvalue weighted by Crippen LogP contribution is -2.12. The second-order valence-electron chi connectivity index (χ2n) is 3.18. The fourth-order valence-corrected chi connectivity index (χ4v) is 1.11. The van der Waals surface area contributed by atoms with Crippen molar-refractivity contribution in [1.82, 2.24) is 0 Å². The molecule has 14 heavy (non-hydrogen) atoms. The lowest BCUT2D eigenvalue weighted by Gasteiger charge is -2.13. The third-order valence-electron chi connectivity index (χ3n) is 1.91. The van der Waals surface area contributed by atoms with Crippen LogP contribution in [0.25, 0.3) is 0 Å². The first-order valence-electron chi connectivity index (χ1n) is 4.38. The predicted octanol–water partition coefficient (Wildman–Crippen LogP) is 2.68. The van der Waals surface area contributed by atoms with E-state index in [2.05, 4.69) is 0 Å². The molecule has 0 heterocycles. The Balaban J connectivity index is 2.97. The van der Waals surface area contributed by atoms with Gasteiger partial charge in [0, 0.05) is 12.1 Å². The van der Waals surface area contributed by atoms with E-state index >= 15 is 0 Å². The van der Waals surface area contributed by atoms with Gasteiger partial charge in [0.1, 0.15) is 0 Å². The molecule has 1 nitrogen and oxygen atoms in total. The summed E-state index contributed by atoms with van der Waals surface area (Å²) in [5.41, 5.74) is 5.73. The predicted molar refractivity (Wildman–Crippen MR) is 53.1 cm³/mol. The molecule has 0 fully saturated rings. The van der Waals surface area contributed by atoms with Crippen molar-refractivity contribution in [2.45, 2.75) is 12.8 Å². The van der Waals surface area contributed by atoms with Crippen LogP contribution in [-0.4, -0.2) is 6.54 Å². The van der Waals surface area contributed by atoms with Gasteiger partial charge in [-0.15, -0.1) is 0 Å². The van der Waals surface area contributed by atoms with Gasteiger partial charge in [0.15, 0.2) is 0 Å². The van der Waals surface area contributed by atoms with Gasteiger partial charge in [-0.05, 0) is 13.0 Å². The summed E-state index contributed by atoms with van der Waals surface area (Å²) in [7, 11) is 0. The van der Waals surface area contributed by atoms with Gasteiger partial charge in [-0.2, -0.15) is 8.78 Å². The molecular weight excluding hydrogens is 184 g/mol. The van der Waals surface area contributed by atoms with E-state index in [1.54, 1.807) is 25.1 Å². The second kappa shape index (κ2) is 4.33. The highest BCUT2D eigenvalue weighted by atomic mass is 19.3. The van der Waals surface area contributed by atoms with E-state index < -0.39 is 5.92 Å². The first-order valence-corrected chi connectivity index (χ1v) is 4.38. The number of benzene rings is 1. The van der Waals surface area contributed by atoms with Crippen LogP contribution in [0.5, 0.6) is 0 Å². The molecule has 1 aromatic rings. The molecule has 1 aromatic carbocycles. The Labute approximate surface area is 82.2 Å². The summed E-state index contributed by atoms with van der Waals surface area (Å²) in [6.07, 6.45) is 0.905. The van der Waals surface area contributed by atoms with Crippen molar-refractivity contribution in [2.24, 2.45) is 5.73 Å². The molecule has 0 bridgehead atoms. The molecule has 0 atom stereocenters. The maximum Gasteiger partial charge on any atom is 0.291 e. The summed E-state index contributed by atoms with van der Waals surface area (Å²) >= 11 is 0. The Hall–Kier alpha value is -1.22. The molecular formula is C11H13F2N. The third-order valence-corrected chi connectivity index (χ3v) is 1.91. The van der Waals surface area contributed by atoms with E-state index in [4.69, 9.17) is 5.73 Å². The van der Waals surface area contributed by atoms with Gasteiger partial charge in [0.25, 0.3) is 5.92 Å². The van der Waals surface area contributed by atoms with Gasteiger partial charge < -0.3 is 5.73 Å². The van der Waals surface area contributed by atoms with Crippen LogP contribution in [0.4, 0.5) is 8.78 Å². The number of hydrogen-bond donors (Lipinski definition) is 1. The van der Waals surface area contributed by atoms with Crippen LogP contribution in [0.3, 0.4) is 0 Å². The van der Waals surface area contributed by atoms with Gasteiger partial charge >= 0.3 is 0 Å². The van der Waals surface area contributed by atoms with Crippen molar-refractivity contribution in [2.75, 3.05) is 6.54 Å². The molecule has 1 rings (SSSR count). The summed E-state index contributed by atoms with van der Waals surface area (Å²) in [6, 6.07) is 7.70. The molecule has 0 spiro atoms. The van der Waals surface area contributed by atoms with E-state index in [9.17, 15) is 8.78 Å². The number of nitrogens with two attached hydrogens (primary N) is 1. The van der Waals surface area contributed by atoms with E-state index in [1.807, 2.05) is 0 Å². The second-order valence-corrected chi connectivity index (χ2v) is 3.18. The average molecular weight is 197 g/mol. The van der Waals surface area contributed by atoms with Crippen molar-refractivity contribution < 1.29 is 8.78 Å².